The highest BCUT2D eigenvalue weighted by atomic mass is 16.1. The summed E-state index contributed by atoms with van der Waals surface area (Å²) in [6.07, 6.45) is 0.582. The molecule has 4 heteroatoms. The number of aryl methyl sites for hydroxylation is 1. The number of aromatic nitrogens is 2. The smallest absolute Gasteiger partial charge is 0.254 e. The van der Waals surface area contributed by atoms with Crippen molar-refractivity contribution in [3.8, 4) is 0 Å². The number of rotatable bonds is 2. The fourth-order valence-corrected chi connectivity index (χ4v) is 1.40. The minimum absolute atomic E-state index is 0.0575. The predicted molar refractivity (Wildman–Crippen MR) is 61.1 cm³/mol. The van der Waals surface area contributed by atoms with E-state index in [0.717, 1.165) is 11.5 Å². The molecule has 0 aliphatic carbocycles. The van der Waals surface area contributed by atoms with Crippen LogP contribution in [-0.2, 0) is 11.8 Å². The van der Waals surface area contributed by atoms with Crippen LogP contribution in [-0.4, -0.2) is 16.5 Å². The molecule has 0 radical (unpaired) electrons. The van der Waals surface area contributed by atoms with E-state index in [-0.39, 0.29) is 11.0 Å². The van der Waals surface area contributed by atoms with Gasteiger partial charge >= 0.3 is 0 Å². The van der Waals surface area contributed by atoms with Gasteiger partial charge < -0.3 is 10.7 Å². The highest BCUT2D eigenvalue weighted by Gasteiger charge is 2.18. The summed E-state index contributed by atoms with van der Waals surface area (Å²) in [7, 11) is 0. The second-order valence-corrected chi connectivity index (χ2v) is 4.77. The van der Waals surface area contributed by atoms with Gasteiger partial charge in [-0.05, 0) is 19.9 Å². The van der Waals surface area contributed by atoms with Gasteiger partial charge in [0, 0.05) is 16.7 Å². The number of nitrogens with zero attached hydrogens (tertiary/aromatic N) is 1. The molecule has 84 valence electrons. The van der Waals surface area contributed by atoms with E-state index in [1.54, 1.807) is 0 Å². The van der Waals surface area contributed by atoms with Crippen LogP contribution in [0.25, 0.3) is 0 Å². The quantitative estimate of drug-likeness (QED) is 0.759. The summed E-state index contributed by atoms with van der Waals surface area (Å²) in [6, 6.07) is 0. The maximum absolute atomic E-state index is 11.7. The average molecular weight is 209 g/mol. The largest absolute Gasteiger partial charge is 0.330 e. The van der Waals surface area contributed by atoms with E-state index in [1.165, 1.54) is 0 Å². The monoisotopic (exact) mass is 209 g/mol. The Morgan fingerprint density at radius 1 is 1.40 bits per heavy atom. The lowest BCUT2D eigenvalue weighted by Gasteiger charge is -2.18. The minimum Gasteiger partial charge on any atom is -0.330 e. The fourth-order valence-electron chi connectivity index (χ4n) is 1.40. The number of hydrogen-bond acceptors (Lipinski definition) is 3. The van der Waals surface area contributed by atoms with Gasteiger partial charge in [-0.25, -0.2) is 4.98 Å². The zero-order chi connectivity index (χ0) is 11.6. The second kappa shape index (κ2) is 4.14. The van der Waals surface area contributed by atoms with Crippen LogP contribution in [0, 0.1) is 6.92 Å². The topological polar surface area (TPSA) is 71.8 Å². The summed E-state index contributed by atoms with van der Waals surface area (Å²) in [4.78, 5) is 19.0. The first kappa shape index (κ1) is 11.9. The molecule has 1 rings (SSSR count). The molecule has 1 heterocycles. The van der Waals surface area contributed by atoms with Crippen molar-refractivity contribution in [1.82, 2.24) is 9.97 Å². The standard InChI is InChI=1S/C11H19N3O/c1-7-8(5-6-12)9(15)14-10(13-7)11(2,3)4/h5-6,12H2,1-4H3,(H,13,14,15). The van der Waals surface area contributed by atoms with Crippen LogP contribution >= 0.6 is 0 Å². The Kier molecular flexibility index (Phi) is 3.29. The molecule has 1 aromatic rings. The van der Waals surface area contributed by atoms with Crippen LogP contribution < -0.4 is 11.3 Å². The van der Waals surface area contributed by atoms with Crippen LogP contribution in [0.3, 0.4) is 0 Å². The van der Waals surface area contributed by atoms with Crippen molar-refractivity contribution in [3.05, 3.63) is 27.4 Å². The summed E-state index contributed by atoms with van der Waals surface area (Å²) in [6.45, 7) is 8.39. The number of nitrogens with one attached hydrogen (secondary N) is 1. The van der Waals surface area contributed by atoms with Gasteiger partial charge in [-0.15, -0.1) is 0 Å². The molecule has 0 aliphatic heterocycles. The Balaban J connectivity index is 3.26. The van der Waals surface area contributed by atoms with Gasteiger partial charge in [0.25, 0.3) is 5.56 Å². The third kappa shape index (κ3) is 2.65. The van der Waals surface area contributed by atoms with Gasteiger partial charge in [0.15, 0.2) is 0 Å². The normalized spacial score (nSPS) is 11.8. The molecule has 0 amide bonds. The van der Waals surface area contributed by atoms with E-state index in [9.17, 15) is 4.79 Å². The summed E-state index contributed by atoms with van der Waals surface area (Å²) >= 11 is 0. The molecule has 0 unspecified atom stereocenters. The summed E-state index contributed by atoms with van der Waals surface area (Å²) in [5.74, 6) is 0.728. The maximum atomic E-state index is 11.7. The van der Waals surface area contributed by atoms with Crippen molar-refractivity contribution in [2.75, 3.05) is 6.54 Å². The highest BCUT2D eigenvalue weighted by Crippen LogP contribution is 2.17. The van der Waals surface area contributed by atoms with Crippen molar-refractivity contribution in [3.63, 3.8) is 0 Å². The molecule has 3 N–H and O–H groups in total. The first-order chi connectivity index (χ1) is 6.86. The number of H-pyrrole nitrogens is 1. The third-order valence-electron chi connectivity index (χ3n) is 2.33. The average Bonchev–Trinajstić information content (AvgIpc) is 2.09. The van der Waals surface area contributed by atoms with Crippen LogP contribution in [0.1, 0.15) is 37.9 Å². The molecule has 0 fully saturated rings. The molecular weight excluding hydrogens is 190 g/mol. The molecule has 4 nitrogen and oxygen atoms in total. The van der Waals surface area contributed by atoms with E-state index < -0.39 is 0 Å². The maximum Gasteiger partial charge on any atom is 0.254 e. The lowest BCUT2D eigenvalue weighted by Crippen LogP contribution is -2.26. The molecule has 0 saturated carbocycles. The van der Waals surface area contributed by atoms with Crippen LogP contribution in [0.5, 0.6) is 0 Å². The number of aromatic amines is 1. The zero-order valence-corrected chi connectivity index (χ0v) is 9.85. The van der Waals surface area contributed by atoms with Crippen molar-refractivity contribution in [2.45, 2.75) is 39.5 Å². The Morgan fingerprint density at radius 3 is 2.40 bits per heavy atom. The number of hydrogen-bond donors (Lipinski definition) is 2. The van der Waals surface area contributed by atoms with Gasteiger partial charge in [0.2, 0.25) is 0 Å². The summed E-state index contributed by atoms with van der Waals surface area (Å²) in [5.41, 5.74) is 6.74. The van der Waals surface area contributed by atoms with E-state index in [1.807, 2.05) is 27.7 Å². The molecular formula is C11H19N3O. The van der Waals surface area contributed by atoms with Crippen LogP contribution in [0.15, 0.2) is 4.79 Å². The van der Waals surface area contributed by atoms with Crippen molar-refractivity contribution >= 4 is 0 Å². The van der Waals surface area contributed by atoms with Gasteiger partial charge in [0.1, 0.15) is 5.82 Å². The fraction of sp³-hybridized carbons (Fsp3) is 0.636. The third-order valence-corrected chi connectivity index (χ3v) is 2.33. The molecule has 0 aromatic carbocycles. The SMILES string of the molecule is Cc1nc(C(C)(C)C)[nH]c(=O)c1CCN. The Labute approximate surface area is 89.9 Å². The zero-order valence-electron chi connectivity index (χ0n) is 9.85. The molecule has 0 atom stereocenters. The lowest BCUT2D eigenvalue weighted by molar-refractivity contribution is 0.538. The number of nitrogens with two attached hydrogens (primary N) is 1. The summed E-state index contributed by atoms with van der Waals surface area (Å²) < 4.78 is 0. The van der Waals surface area contributed by atoms with Gasteiger partial charge in [0.05, 0.1) is 0 Å². The van der Waals surface area contributed by atoms with Crippen LogP contribution in [0.4, 0.5) is 0 Å². The molecule has 0 spiro atoms. The summed E-state index contributed by atoms with van der Waals surface area (Å²) in [5, 5.41) is 0. The molecule has 1 aromatic heterocycles. The van der Waals surface area contributed by atoms with E-state index >= 15 is 0 Å². The first-order valence-corrected chi connectivity index (χ1v) is 5.16. The van der Waals surface area contributed by atoms with Crippen LogP contribution in [0.2, 0.25) is 0 Å². The molecule has 0 saturated heterocycles. The van der Waals surface area contributed by atoms with Crippen molar-refractivity contribution in [1.29, 1.82) is 0 Å². The predicted octanol–water partition coefficient (Wildman–Crippen LogP) is 0.877. The van der Waals surface area contributed by atoms with Gasteiger partial charge in [-0.2, -0.15) is 0 Å². The van der Waals surface area contributed by atoms with E-state index in [2.05, 4.69) is 9.97 Å². The first-order valence-electron chi connectivity index (χ1n) is 5.16. The lowest BCUT2D eigenvalue weighted by atomic mass is 9.95. The Hall–Kier alpha value is -1.16. The highest BCUT2D eigenvalue weighted by molar-refractivity contribution is 5.19. The van der Waals surface area contributed by atoms with Gasteiger partial charge in [-0.1, -0.05) is 20.8 Å². The van der Waals surface area contributed by atoms with Gasteiger partial charge in [-0.3, -0.25) is 4.79 Å². The Morgan fingerprint density at radius 2 is 2.00 bits per heavy atom. The van der Waals surface area contributed by atoms with Crippen molar-refractivity contribution < 1.29 is 0 Å². The second-order valence-electron chi connectivity index (χ2n) is 4.77. The minimum atomic E-state index is -0.134. The Bertz CT molecular complexity index is 401. The van der Waals surface area contributed by atoms with E-state index in [4.69, 9.17) is 5.73 Å². The molecule has 0 bridgehead atoms. The van der Waals surface area contributed by atoms with Crippen molar-refractivity contribution in [2.24, 2.45) is 5.73 Å². The van der Waals surface area contributed by atoms with E-state index in [0.29, 0.717) is 18.5 Å². The molecule has 0 aliphatic rings. The molecule has 15 heavy (non-hydrogen) atoms.